The summed E-state index contributed by atoms with van der Waals surface area (Å²) in [4.78, 5) is -0.332. The van der Waals surface area contributed by atoms with Gasteiger partial charge in [0.1, 0.15) is 10.7 Å². The van der Waals surface area contributed by atoms with Gasteiger partial charge in [-0.15, -0.1) is 11.6 Å². The van der Waals surface area contributed by atoms with E-state index in [1.54, 1.807) is 0 Å². The third-order valence-electron chi connectivity index (χ3n) is 2.61. The molecule has 0 aliphatic rings. The second-order valence-electron chi connectivity index (χ2n) is 4.37. The van der Waals surface area contributed by atoms with Crippen LogP contribution in [-0.4, -0.2) is 20.8 Å². The highest BCUT2D eigenvalue weighted by molar-refractivity contribution is 9.10. The van der Waals surface area contributed by atoms with Gasteiger partial charge in [-0.1, -0.05) is 22.9 Å². The SMILES string of the molecule is CC(CCl)CCCNS(=O)(=O)c1ccc(Br)cc1F. The van der Waals surface area contributed by atoms with Crippen LogP contribution < -0.4 is 4.72 Å². The van der Waals surface area contributed by atoms with E-state index in [-0.39, 0.29) is 11.4 Å². The molecule has 0 fully saturated rings. The van der Waals surface area contributed by atoms with E-state index >= 15 is 0 Å². The molecule has 3 nitrogen and oxygen atoms in total. The van der Waals surface area contributed by atoms with Gasteiger partial charge in [-0.3, -0.25) is 0 Å². The molecule has 1 N–H and O–H groups in total. The van der Waals surface area contributed by atoms with Crippen LogP contribution in [-0.2, 0) is 10.0 Å². The van der Waals surface area contributed by atoms with Crippen molar-refractivity contribution in [2.75, 3.05) is 12.4 Å². The average molecular weight is 373 g/mol. The summed E-state index contributed by atoms with van der Waals surface area (Å²) in [5.41, 5.74) is 0. The number of sulfonamides is 1. The van der Waals surface area contributed by atoms with Crippen LogP contribution in [0, 0.1) is 11.7 Å². The molecule has 1 aromatic rings. The minimum Gasteiger partial charge on any atom is -0.211 e. The van der Waals surface area contributed by atoms with E-state index < -0.39 is 15.8 Å². The fraction of sp³-hybridized carbons (Fsp3) is 0.500. The van der Waals surface area contributed by atoms with Crippen molar-refractivity contribution in [1.29, 1.82) is 0 Å². The van der Waals surface area contributed by atoms with Crippen molar-refractivity contribution >= 4 is 37.6 Å². The van der Waals surface area contributed by atoms with Crippen molar-refractivity contribution in [3.63, 3.8) is 0 Å². The molecular weight excluding hydrogens is 357 g/mol. The highest BCUT2D eigenvalue weighted by Gasteiger charge is 2.18. The van der Waals surface area contributed by atoms with Gasteiger partial charge in [0.25, 0.3) is 0 Å². The van der Waals surface area contributed by atoms with Crippen molar-refractivity contribution in [2.45, 2.75) is 24.7 Å². The topological polar surface area (TPSA) is 46.2 Å². The summed E-state index contributed by atoms with van der Waals surface area (Å²) in [6.07, 6.45) is 1.50. The lowest BCUT2D eigenvalue weighted by Crippen LogP contribution is -2.26. The first kappa shape index (κ1) is 16.9. The fourth-order valence-corrected chi connectivity index (χ4v) is 3.12. The van der Waals surface area contributed by atoms with Crippen molar-refractivity contribution in [1.82, 2.24) is 4.72 Å². The van der Waals surface area contributed by atoms with Crippen LogP contribution in [0.3, 0.4) is 0 Å². The maximum Gasteiger partial charge on any atom is 0.243 e. The predicted molar refractivity (Wildman–Crippen MR) is 78.4 cm³/mol. The summed E-state index contributed by atoms with van der Waals surface area (Å²) >= 11 is 8.74. The number of alkyl halides is 1. The van der Waals surface area contributed by atoms with Crippen LogP contribution in [0.2, 0.25) is 0 Å². The number of benzene rings is 1. The molecule has 1 unspecified atom stereocenters. The Morgan fingerprint density at radius 2 is 2.16 bits per heavy atom. The van der Waals surface area contributed by atoms with Crippen LogP contribution in [0.4, 0.5) is 4.39 Å². The van der Waals surface area contributed by atoms with E-state index in [4.69, 9.17) is 11.6 Å². The molecule has 0 radical (unpaired) electrons. The zero-order valence-electron chi connectivity index (χ0n) is 10.5. The maximum absolute atomic E-state index is 13.6. The monoisotopic (exact) mass is 371 g/mol. The molecule has 0 bridgehead atoms. The lowest BCUT2D eigenvalue weighted by molar-refractivity contribution is 0.535. The molecule has 7 heteroatoms. The third kappa shape index (κ3) is 5.38. The van der Waals surface area contributed by atoms with E-state index in [0.29, 0.717) is 22.7 Å². The molecule has 0 aromatic heterocycles. The van der Waals surface area contributed by atoms with Crippen LogP contribution in [0.5, 0.6) is 0 Å². The van der Waals surface area contributed by atoms with Gasteiger partial charge in [0.2, 0.25) is 10.0 Å². The first-order valence-corrected chi connectivity index (χ1v) is 8.68. The predicted octanol–water partition coefficient (Wildman–Crippen LogP) is 3.52. The van der Waals surface area contributed by atoms with Gasteiger partial charge in [-0.25, -0.2) is 17.5 Å². The van der Waals surface area contributed by atoms with E-state index in [2.05, 4.69) is 20.7 Å². The lowest BCUT2D eigenvalue weighted by atomic mass is 10.1. The number of nitrogens with one attached hydrogen (secondary N) is 1. The second-order valence-corrected chi connectivity index (χ2v) is 7.33. The number of hydrogen-bond donors (Lipinski definition) is 1. The Balaban J connectivity index is 2.61. The Bertz CT molecular complexity index is 524. The molecule has 19 heavy (non-hydrogen) atoms. The van der Waals surface area contributed by atoms with Crippen LogP contribution in [0.15, 0.2) is 27.6 Å². The van der Waals surface area contributed by atoms with Gasteiger partial charge in [-0.2, -0.15) is 0 Å². The Kier molecular flexibility index (Phi) is 6.73. The average Bonchev–Trinajstić information content (AvgIpc) is 2.33. The summed E-state index contributed by atoms with van der Waals surface area (Å²) < 4.78 is 40.2. The van der Waals surface area contributed by atoms with Crippen LogP contribution in [0.1, 0.15) is 19.8 Å². The molecule has 0 amide bonds. The summed E-state index contributed by atoms with van der Waals surface area (Å²) in [6.45, 7) is 2.27. The molecule has 0 aliphatic carbocycles. The molecule has 0 heterocycles. The molecule has 1 rings (SSSR count). The third-order valence-corrected chi connectivity index (χ3v) is 5.13. The smallest absolute Gasteiger partial charge is 0.211 e. The molecule has 0 saturated heterocycles. The zero-order chi connectivity index (χ0) is 14.5. The van der Waals surface area contributed by atoms with Gasteiger partial charge >= 0.3 is 0 Å². The van der Waals surface area contributed by atoms with E-state index in [1.165, 1.54) is 12.1 Å². The minimum absolute atomic E-state index is 0.277. The molecular formula is C12H16BrClFNO2S. The highest BCUT2D eigenvalue weighted by atomic mass is 79.9. The summed E-state index contributed by atoms with van der Waals surface area (Å²) in [5.74, 6) is 0.125. The van der Waals surface area contributed by atoms with Crippen molar-refractivity contribution in [2.24, 2.45) is 5.92 Å². The molecule has 1 aromatic carbocycles. The van der Waals surface area contributed by atoms with Crippen molar-refractivity contribution in [3.05, 3.63) is 28.5 Å². The van der Waals surface area contributed by atoms with Crippen molar-refractivity contribution < 1.29 is 12.8 Å². The van der Waals surface area contributed by atoms with E-state index in [0.717, 1.165) is 12.5 Å². The summed E-state index contributed by atoms with van der Waals surface area (Å²) in [5, 5.41) is 0. The van der Waals surface area contributed by atoms with Crippen LogP contribution in [0.25, 0.3) is 0 Å². The number of hydrogen-bond acceptors (Lipinski definition) is 2. The maximum atomic E-state index is 13.6. The standard InChI is InChI=1S/C12H16BrClFNO2S/c1-9(8-14)3-2-6-16-19(17,18)12-5-4-10(13)7-11(12)15/h4-5,7,9,16H,2-3,6,8H2,1H3. The number of rotatable bonds is 7. The highest BCUT2D eigenvalue weighted by Crippen LogP contribution is 2.19. The fourth-order valence-electron chi connectivity index (χ4n) is 1.51. The van der Waals surface area contributed by atoms with Gasteiger partial charge in [-0.05, 0) is 37.0 Å². The van der Waals surface area contributed by atoms with E-state index in [1.807, 2.05) is 6.92 Å². The van der Waals surface area contributed by atoms with Crippen LogP contribution >= 0.6 is 27.5 Å². The molecule has 1 atom stereocenters. The molecule has 0 saturated carbocycles. The second kappa shape index (κ2) is 7.57. The van der Waals surface area contributed by atoms with E-state index in [9.17, 15) is 12.8 Å². The zero-order valence-corrected chi connectivity index (χ0v) is 13.7. The Hall–Kier alpha value is -0.170. The Morgan fingerprint density at radius 3 is 2.74 bits per heavy atom. The largest absolute Gasteiger partial charge is 0.243 e. The van der Waals surface area contributed by atoms with Gasteiger partial charge in [0.05, 0.1) is 0 Å². The Labute approximate surface area is 126 Å². The first-order chi connectivity index (χ1) is 8.86. The van der Waals surface area contributed by atoms with Gasteiger partial charge in [0.15, 0.2) is 0 Å². The quantitative estimate of drug-likeness (QED) is 0.588. The summed E-state index contributed by atoms with van der Waals surface area (Å²) in [6, 6.07) is 3.86. The number of halogens is 3. The first-order valence-electron chi connectivity index (χ1n) is 5.87. The molecule has 0 aliphatic heterocycles. The minimum atomic E-state index is -3.79. The van der Waals surface area contributed by atoms with Gasteiger partial charge < -0.3 is 0 Å². The Morgan fingerprint density at radius 1 is 1.47 bits per heavy atom. The molecule has 108 valence electrons. The molecule has 0 spiro atoms. The normalized spacial score (nSPS) is 13.5. The lowest BCUT2D eigenvalue weighted by Gasteiger charge is -2.09. The summed E-state index contributed by atoms with van der Waals surface area (Å²) in [7, 11) is -3.79. The van der Waals surface area contributed by atoms with Gasteiger partial charge in [0, 0.05) is 16.9 Å². The van der Waals surface area contributed by atoms with Crippen molar-refractivity contribution in [3.8, 4) is 0 Å².